The summed E-state index contributed by atoms with van der Waals surface area (Å²) in [4.78, 5) is 0. The minimum Gasteiger partial charge on any atom is -0.493 e. The van der Waals surface area contributed by atoms with Crippen LogP contribution in [0.2, 0.25) is 0 Å². The molecular weight excluding hydrogens is 246 g/mol. The van der Waals surface area contributed by atoms with Gasteiger partial charge in [-0.2, -0.15) is 0 Å². The second kappa shape index (κ2) is 4.95. The number of aryl methyl sites for hydroxylation is 2. The van der Waals surface area contributed by atoms with Gasteiger partial charge in [0.1, 0.15) is 5.75 Å². The first-order valence-corrected chi connectivity index (χ1v) is 7.20. The first kappa shape index (κ1) is 13.2. The number of benzene rings is 2. The van der Waals surface area contributed by atoms with E-state index in [1.54, 1.807) is 0 Å². The number of ether oxygens (including phenoxy) is 1. The lowest BCUT2D eigenvalue weighted by Crippen LogP contribution is -2.35. The number of hydrogen-bond donors (Lipinski definition) is 1. The third-order valence-electron chi connectivity index (χ3n) is 4.11. The van der Waals surface area contributed by atoms with Crippen LogP contribution in [0.25, 0.3) is 0 Å². The molecule has 1 aliphatic rings. The largest absolute Gasteiger partial charge is 0.493 e. The zero-order chi connectivity index (χ0) is 14.2. The Bertz CT molecular complexity index is 631. The summed E-state index contributed by atoms with van der Waals surface area (Å²) in [5.74, 6) is 0.991. The van der Waals surface area contributed by atoms with Crippen molar-refractivity contribution in [2.75, 3.05) is 6.61 Å². The van der Waals surface area contributed by atoms with Crippen molar-refractivity contribution in [1.29, 1.82) is 0 Å². The van der Waals surface area contributed by atoms with Gasteiger partial charge in [0.05, 0.1) is 12.1 Å². The van der Waals surface area contributed by atoms with Crippen molar-refractivity contribution >= 4 is 0 Å². The van der Waals surface area contributed by atoms with Gasteiger partial charge in [0.25, 0.3) is 0 Å². The second-order valence-corrected chi connectivity index (χ2v) is 5.82. The average molecular weight is 267 g/mol. The molecule has 0 bridgehead atoms. The first-order chi connectivity index (χ1) is 9.59. The van der Waals surface area contributed by atoms with E-state index < -0.39 is 5.54 Å². The third-order valence-corrected chi connectivity index (χ3v) is 4.11. The van der Waals surface area contributed by atoms with Crippen LogP contribution < -0.4 is 10.5 Å². The monoisotopic (exact) mass is 267 g/mol. The van der Waals surface area contributed by atoms with E-state index in [1.165, 1.54) is 11.1 Å². The van der Waals surface area contributed by atoms with Gasteiger partial charge in [-0.3, -0.25) is 0 Å². The van der Waals surface area contributed by atoms with Gasteiger partial charge in [-0.05, 0) is 37.8 Å². The summed E-state index contributed by atoms with van der Waals surface area (Å²) in [5.41, 5.74) is 10.9. The molecule has 1 unspecified atom stereocenters. The first-order valence-electron chi connectivity index (χ1n) is 7.20. The van der Waals surface area contributed by atoms with Crippen molar-refractivity contribution in [3.8, 4) is 5.75 Å². The van der Waals surface area contributed by atoms with Crippen LogP contribution in [-0.4, -0.2) is 6.61 Å². The van der Waals surface area contributed by atoms with Gasteiger partial charge >= 0.3 is 0 Å². The Morgan fingerprint density at radius 1 is 1.15 bits per heavy atom. The van der Waals surface area contributed by atoms with Crippen LogP contribution in [0.3, 0.4) is 0 Å². The van der Waals surface area contributed by atoms with E-state index in [1.807, 2.05) is 0 Å². The number of fused-ring (bicyclic) bond motifs is 1. The Kier molecular flexibility index (Phi) is 3.27. The minimum absolute atomic E-state index is 0.533. The van der Waals surface area contributed by atoms with Crippen LogP contribution in [0.1, 0.15) is 35.6 Å². The maximum Gasteiger partial charge on any atom is 0.127 e. The maximum atomic E-state index is 6.67. The molecule has 104 valence electrons. The quantitative estimate of drug-likeness (QED) is 0.903. The molecule has 0 radical (unpaired) electrons. The smallest absolute Gasteiger partial charge is 0.127 e. The molecule has 0 amide bonds. The lowest BCUT2D eigenvalue weighted by atomic mass is 9.83. The average Bonchev–Trinajstić information content (AvgIpc) is 2.46. The second-order valence-electron chi connectivity index (χ2n) is 5.82. The fourth-order valence-corrected chi connectivity index (χ4v) is 2.92. The summed E-state index contributed by atoms with van der Waals surface area (Å²) in [6.07, 6.45) is 2.16. The highest BCUT2D eigenvalue weighted by Crippen LogP contribution is 2.38. The Hall–Kier alpha value is -1.80. The van der Waals surface area contributed by atoms with Gasteiger partial charge in [-0.15, -0.1) is 0 Å². The summed E-state index contributed by atoms with van der Waals surface area (Å²) in [5, 5.41) is 0. The molecular formula is C18H21NO. The summed E-state index contributed by atoms with van der Waals surface area (Å²) in [7, 11) is 0. The molecule has 20 heavy (non-hydrogen) atoms. The van der Waals surface area contributed by atoms with Crippen molar-refractivity contribution in [3.05, 3.63) is 64.7 Å². The Labute approximate surface area is 120 Å². The SMILES string of the molecule is Cc1cccc(C(C)(N)c2cccc3c2OCCC3)c1. The molecule has 0 saturated carbocycles. The van der Waals surface area contributed by atoms with E-state index in [9.17, 15) is 0 Å². The molecule has 0 fully saturated rings. The Morgan fingerprint density at radius 3 is 2.75 bits per heavy atom. The van der Waals surface area contributed by atoms with Gasteiger partial charge in [0.15, 0.2) is 0 Å². The van der Waals surface area contributed by atoms with Crippen LogP contribution in [0, 0.1) is 6.92 Å². The fourth-order valence-electron chi connectivity index (χ4n) is 2.92. The topological polar surface area (TPSA) is 35.2 Å². The van der Waals surface area contributed by atoms with Crippen LogP contribution in [0.5, 0.6) is 5.75 Å². The highest BCUT2D eigenvalue weighted by molar-refractivity contribution is 5.50. The van der Waals surface area contributed by atoms with Crippen LogP contribution in [0.4, 0.5) is 0 Å². The molecule has 1 atom stereocenters. The molecule has 1 aliphatic heterocycles. The minimum atomic E-state index is -0.533. The lowest BCUT2D eigenvalue weighted by molar-refractivity contribution is 0.280. The summed E-state index contributed by atoms with van der Waals surface area (Å²) in [6, 6.07) is 14.7. The Morgan fingerprint density at radius 2 is 1.95 bits per heavy atom. The molecule has 0 aromatic heterocycles. The normalized spacial score (nSPS) is 16.9. The lowest BCUT2D eigenvalue weighted by Gasteiger charge is -2.31. The van der Waals surface area contributed by atoms with Crippen molar-refractivity contribution in [3.63, 3.8) is 0 Å². The predicted octanol–water partition coefficient (Wildman–Crippen LogP) is 3.54. The van der Waals surface area contributed by atoms with Gasteiger partial charge in [-0.25, -0.2) is 0 Å². The highest BCUT2D eigenvalue weighted by atomic mass is 16.5. The molecule has 2 heteroatoms. The van der Waals surface area contributed by atoms with Crippen LogP contribution in [-0.2, 0) is 12.0 Å². The molecule has 3 rings (SSSR count). The molecule has 2 aromatic carbocycles. The van der Waals surface area contributed by atoms with E-state index in [0.29, 0.717) is 0 Å². The zero-order valence-electron chi connectivity index (χ0n) is 12.1. The number of rotatable bonds is 2. The van der Waals surface area contributed by atoms with Gasteiger partial charge < -0.3 is 10.5 Å². The maximum absolute atomic E-state index is 6.67. The standard InChI is InChI=1S/C18H21NO/c1-13-6-3-9-15(12-13)18(2,19)16-10-4-7-14-8-5-11-20-17(14)16/h3-4,6-7,9-10,12H,5,8,11,19H2,1-2H3. The van der Waals surface area contributed by atoms with Crippen molar-refractivity contribution in [2.24, 2.45) is 5.73 Å². The zero-order valence-corrected chi connectivity index (χ0v) is 12.1. The highest BCUT2D eigenvalue weighted by Gasteiger charge is 2.29. The molecule has 2 nitrogen and oxygen atoms in total. The fraction of sp³-hybridized carbons (Fsp3) is 0.333. The van der Waals surface area contributed by atoms with E-state index in [4.69, 9.17) is 10.5 Å². The number of nitrogens with two attached hydrogens (primary N) is 1. The van der Waals surface area contributed by atoms with Gasteiger partial charge in [0, 0.05) is 5.56 Å². The Balaban J connectivity index is 2.12. The van der Waals surface area contributed by atoms with Crippen molar-refractivity contribution in [2.45, 2.75) is 32.2 Å². The molecule has 2 N–H and O–H groups in total. The summed E-state index contributed by atoms with van der Waals surface area (Å²) in [6.45, 7) is 4.94. The molecule has 0 aliphatic carbocycles. The van der Waals surface area contributed by atoms with Crippen LogP contribution >= 0.6 is 0 Å². The number of hydrogen-bond acceptors (Lipinski definition) is 2. The van der Waals surface area contributed by atoms with Crippen molar-refractivity contribution in [1.82, 2.24) is 0 Å². The van der Waals surface area contributed by atoms with E-state index in [0.717, 1.165) is 36.3 Å². The summed E-state index contributed by atoms with van der Waals surface area (Å²) >= 11 is 0. The summed E-state index contributed by atoms with van der Waals surface area (Å²) < 4.78 is 5.91. The number of para-hydroxylation sites is 1. The molecule has 0 spiro atoms. The predicted molar refractivity (Wildman–Crippen MR) is 82.1 cm³/mol. The van der Waals surface area contributed by atoms with Gasteiger partial charge in [-0.1, -0.05) is 48.0 Å². The van der Waals surface area contributed by atoms with E-state index in [2.05, 4.69) is 56.3 Å². The van der Waals surface area contributed by atoms with E-state index >= 15 is 0 Å². The molecule has 1 heterocycles. The third kappa shape index (κ3) is 2.20. The van der Waals surface area contributed by atoms with Crippen LogP contribution in [0.15, 0.2) is 42.5 Å². The molecule has 2 aromatic rings. The molecule has 0 saturated heterocycles. The van der Waals surface area contributed by atoms with Crippen molar-refractivity contribution < 1.29 is 4.74 Å². The van der Waals surface area contributed by atoms with E-state index in [-0.39, 0.29) is 0 Å². The van der Waals surface area contributed by atoms with Gasteiger partial charge in [0.2, 0.25) is 0 Å².